The molecule has 2 heterocycles. The molecule has 1 N–H and O–H groups in total. The van der Waals surface area contributed by atoms with Crippen LogP contribution in [0.4, 0.5) is 26.3 Å². The number of pyridine rings is 1. The van der Waals surface area contributed by atoms with Gasteiger partial charge in [0.1, 0.15) is 0 Å². The fourth-order valence-corrected chi connectivity index (χ4v) is 5.51. The molecule has 0 bridgehead atoms. The van der Waals surface area contributed by atoms with Crippen LogP contribution in [0.3, 0.4) is 0 Å². The minimum atomic E-state index is -5.94. The number of aliphatic hydroxyl groups is 1. The Kier molecular flexibility index (Phi) is 10.1. The van der Waals surface area contributed by atoms with Gasteiger partial charge in [-0.1, -0.05) is 42.5 Å². The molecule has 0 spiro atoms. The first-order valence-electron chi connectivity index (χ1n) is 14.2. The normalized spacial score (nSPS) is 17.2. The summed E-state index contributed by atoms with van der Waals surface area (Å²) in [4.78, 5) is 21.2. The second kappa shape index (κ2) is 13.3. The van der Waals surface area contributed by atoms with E-state index in [1.165, 1.54) is 0 Å². The highest BCUT2D eigenvalue weighted by molar-refractivity contribution is 5.70. The van der Waals surface area contributed by atoms with Crippen LogP contribution in [-0.2, 0) is 28.2 Å². The number of carbonyl (C=O) groups excluding carboxylic acids is 1. The Hall–Kier alpha value is -3.48. The number of nitrogens with zero attached hydrogens (tertiary/aromatic N) is 3. The molecule has 1 aliphatic heterocycles. The van der Waals surface area contributed by atoms with Gasteiger partial charge in [-0.2, -0.15) is 26.3 Å². The van der Waals surface area contributed by atoms with Crippen LogP contribution in [-0.4, -0.2) is 70.0 Å². The Bertz CT molecular complexity index is 1400. The van der Waals surface area contributed by atoms with Gasteiger partial charge in [0.2, 0.25) is 0 Å². The fraction of sp³-hybridized carbons (Fsp3) is 0.438. The average Bonchev–Trinajstić information content (AvgIpc) is 2.93. The Labute approximate surface area is 252 Å². The summed E-state index contributed by atoms with van der Waals surface area (Å²) in [5.41, 5.74) is -2.37. The number of piperazine rings is 1. The van der Waals surface area contributed by atoms with Crippen molar-refractivity contribution in [3.63, 3.8) is 0 Å². The summed E-state index contributed by atoms with van der Waals surface area (Å²) in [7, 11) is 0. The first-order chi connectivity index (χ1) is 20.6. The highest BCUT2D eigenvalue weighted by Crippen LogP contribution is 2.50. The smallest absolute Gasteiger partial charge is 0.430 e. The zero-order valence-electron chi connectivity index (χ0n) is 24.6. The SMILES string of the molecule is Cc1cc(CN2CCN(Cc3ccncc3)C(CC(=O)OC(C)C)C2)ccc1-c1ccc(C(O)(C(F)(F)F)C(F)(F)F)cc1. The predicted molar refractivity (Wildman–Crippen MR) is 152 cm³/mol. The Balaban J connectivity index is 1.48. The van der Waals surface area contributed by atoms with Gasteiger partial charge in [-0.15, -0.1) is 0 Å². The van der Waals surface area contributed by atoms with E-state index in [0.717, 1.165) is 41.9 Å². The Morgan fingerprint density at radius 1 is 0.932 bits per heavy atom. The first-order valence-corrected chi connectivity index (χ1v) is 14.2. The lowest BCUT2D eigenvalue weighted by molar-refractivity contribution is -0.376. The van der Waals surface area contributed by atoms with Crippen molar-refractivity contribution in [2.45, 2.75) is 70.4 Å². The zero-order chi connectivity index (χ0) is 32.3. The minimum Gasteiger partial charge on any atom is -0.463 e. The molecule has 1 unspecified atom stereocenters. The quantitative estimate of drug-likeness (QED) is 0.220. The van der Waals surface area contributed by atoms with Crippen molar-refractivity contribution >= 4 is 5.97 Å². The number of esters is 1. The van der Waals surface area contributed by atoms with E-state index in [9.17, 15) is 36.2 Å². The summed E-state index contributed by atoms with van der Waals surface area (Å²) >= 11 is 0. The van der Waals surface area contributed by atoms with Crippen molar-refractivity contribution in [2.75, 3.05) is 19.6 Å². The molecule has 2 aromatic carbocycles. The first kappa shape index (κ1) is 33.4. The molecule has 0 radical (unpaired) electrons. The molecule has 0 saturated carbocycles. The van der Waals surface area contributed by atoms with Gasteiger partial charge in [0.15, 0.2) is 0 Å². The Morgan fingerprint density at radius 2 is 1.57 bits per heavy atom. The summed E-state index contributed by atoms with van der Waals surface area (Å²) in [5, 5.41) is 9.67. The average molecular weight is 624 g/mol. The molecular weight excluding hydrogens is 588 g/mol. The maximum atomic E-state index is 13.3. The monoisotopic (exact) mass is 623 g/mol. The maximum absolute atomic E-state index is 13.3. The number of aryl methyl sites for hydroxylation is 1. The molecule has 238 valence electrons. The van der Waals surface area contributed by atoms with Gasteiger partial charge in [0.05, 0.1) is 12.5 Å². The van der Waals surface area contributed by atoms with Gasteiger partial charge in [0, 0.05) is 56.7 Å². The van der Waals surface area contributed by atoms with E-state index in [2.05, 4.69) is 14.8 Å². The van der Waals surface area contributed by atoms with E-state index in [1.54, 1.807) is 18.5 Å². The van der Waals surface area contributed by atoms with Crippen molar-refractivity contribution in [2.24, 2.45) is 0 Å². The van der Waals surface area contributed by atoms with Crippen molar-refractivity contribution in [3.8, 4) is 11.1 Å². The summed E-state index contributed by atoms with van der Waals surface area (Å²) in [5.74, 6) is -0.262. The number of hydrogen-bond acceptors (Lipinski definition) is 6. The molecule has 6 nitrogen and oxygen atoms in total. The predicted octanol–water partition coefficient (Wildman–Crippen LogP) is 6.40. The number of rotatable bonds is 9. The van der Waals surface area contributed by atoms with Crippen molar-refractivity contribution in [1.82, 2.24) is 14.8 Å². The third-order valence-corrected chi connectivity index (χ3v) is 7.72. The lowest BCUT2D eigenvalue weighted by atomic mass is 9.90. The second-order valence-corrected chi connectivity index (χ2v) is 11.4. The van der Waals surface area contributed by atoms with Crippen LogP contribution in [0.25, 0.3) is 11.1 Å². The highest BCUT2D eigenvalue weighted by atomic mass is 19.4. The van der Waals surface area contributed by atoms with Gasteiger partial charge in [0.25, 0.3) is 5.60 Å². The van der Waals surface area contributed by atoms with Gasteiger partial charge >= 0.3 is 18.3 Å². The number of hydrogen-bond donors (Lipinski definition) is 1. The number of ether oxygens (including phenoxy) is 1. The summed E-state index contributed by atoms with van der Waals surface area (Å²) < 4.78 is 85.0. The minimum absolute atomic E-state index is 0.0749. The number of alkyl halides is 6. The molecule has 1 fully saturated rings. The van der Waals surface area contributed by atoms with Crippen LogP contribution >= 0.6 is 0 Å². The van der Waals surface area contributed by atoms with E-state index >= 15 is 0 Å². The topological polar surface area (TPSA) is 65.9 Å². The number of aromatic nitrogens is 1. The van der Waals surface area contributed by atoms with Gasteiger partial charge < -0.3 is 9.84 Å². The van der Waals surface area contributed by atoms with Crippen LogP contribution in [0.15, 0.2) is 67.0 Å². The molecule has 0 amide bonds. The van der Waals surface area contributed by atoms with E-state index in [-0.39, 0.29) is 24.5 Å². The third-order valence-electron chi connectivity index (χ3n) is 7.72. The van der Waals surface area contributed by atoms with Crippen molar-refractivity contribution < 1.29 is 41.0 Å². The van der Waals surface area contributed by atoms with Crippen LogP contribution in [0.1, 0.15) is 42.5 Å². The van der Waals surface area contributed by atoms with E-state index in [0.29, 0.717) is 42.9 Å². The summed E-state index contributed by atoms with van der Waals surface area (Å²) in [6.07, 6.45) is -8.39. The molecule has 4 rings (SSSR count). The van der Waals surface area contributed by atoms with Gasteiger partial charge in [-0.05, 0) is 60.7 Å². The molecule has 1 atom stereocenters. The molecular formula is C32H35F6N3O3. The third kappa shape index (κ3) is 7.59. The summed E-state index contributed by atoms with van der Waals surface area (Å²) in [6, 6.07) is 13.0. The molecule has 12 heteroatoms. The molecule has 1 aromatic heterocycles. The van der Waals surface area contributed by atoms with Gasteiger partial charge in [-0.3, -0.25) is 19.6 Å². The molecule has 1 saturated heterocycles. The standard InChI is InChI=1S/C32H35F6N3O3/c1-21(2)44-29(42)17-27-20-40(14-15-41(27)19-23-10-12-39-13-11-23)18-24-4-9-28(22(3)16-24)25-5-7-26(8-6-25)30(43,31(33,34)35)32(36,37)38/h4-13,16,21,27,43H,14-15,17-20H2,1-3H3. The molecule has 3 aromatic rings. The van der Waals surface area contributed by atoms with Crippen LogP contribution in [0.5, 0.6) is 0 Å². The van der Waals surface area contributed by atoms with E-state index in [4.69, 9.17) is 4.74 Å². The fourth-order valence-electron chi connectivity index (χ4n) is 5.51. The maximum Gasteiger partial charge on any atom is 0.430 e. The van der Waals surface area contributed by atoms with E-state index in [1.807, 2.05) is 45.0 Å². The van der Waals surface area contributed by atoms with Crippen LogP contribution in [0, 0.1) is 6.92 Å². The molecule has 0 aliphatic carbocycles. The lowest BCUT2D eigenvalue weighted by Crippen LogP contribution is -2.53. The van der Waals surface area contributed by atoms with E-state index < -0.39 is 23.5 Å². The van der Waals surface area contributed by atoms with Crippen molar-refractivity contribution in [3.05, 3.63) is 89.2 Å². The van der Waals surface area contributed by atoms with Gasteiger partial charge in [-0.25, -0.2) is 0 Å². The second-order valence-electron chi connectivity index (χ2n) is 11.4. The number of carbonyl (C=O) groups is 1. The van der Waals surface area contributed by atoms with Crippen LogP contribution in [0.2, 0.25) is 0 Å². The largest absolute Gasteiger partial charge is 0.463 e. The number of benzene rings is 2. The Morgan fingerprint density at radius 3 is 2.14 bits per heavy atom. The zero-order valence-corrected chi connectivity index (χ0v) is 24.6. The number of halogens is 6. The molecule has 44 heavy (non-hydrogen) atoms. The summed E-state index contributed by atoms with van der Waals surface area (Å²) in [6.45, 7) is 8.80. The molecule has 1 aliphatic rings. The highest BCUT2D eigenvalue weighted by Gasteiger charge is 2.71. The van der Waals surface area contributed by atoms with Crippen molar-refractivity contribution in [1.29, 1.82) is 0 Å². The van der Waals surface area contributed by atoms with Crippen LogP contribution < -0.4 is 0 Å². The lowest BCUT2D eigenvalue weighted by Gasteiger charge is -2.41.